The van der Waals surface area contributed by atoms with Crippen molar-refractivity contribution in [2.45, 2.75) is 77.4 Å². The van der Waals surface area contributed by atoms with Crippen LogP contribution >= 0.6 is 0 Å². The van der Waals surface area contributed by atoms with Gasteiger partial charge < -0.3 is 15.2 Å². The molecule has 1 aliphatic rings. The van der Waals surface area contributed by atoms with Gasteiger partial charge in [-0.2, -0.15) is 0 Å². The molecule has 0 aliphatic heterocycles. The zero-order valence-electron chi connectivity index (χ0n) is 12.6. The van der Waals surface area contributed by atoms with Gasteiger partial charge in [0.1, 0.15) is 5.60 Å². The van der Waals surface area contributed by atoms with E-state index >= 15 is 0 Å². The van der Waals surface area contributed by atoms with Gasteiger partial charge in [0.2, 0.25) is 0 Å². The molecule has 2 N–H and O–H groups in total. The third kappa shape index (κ3) is 7.41. The van der Waals surface area contributed by atoms with Gasteiger partial charge in [-0.15, -0.1) is 0 Å². The van der Waals surface area contributed by atoms with E-state index in [9.17, 15) is 9.90 Å². The van der Waals surface area contributed by atoms with Gasteiger partial charge >= 0.3 is 6.09 Å². The van der Waals surface area contributed by atoms with Gasteiger partial charge in [0.25, 0.3) is 0 Å². The maximum absolute atomic E-state index is 11.6. The molecule has 0 bridgehead atoms. The van der Waals surface area contributed by atoms with Crippen molar-refractivity contribution in [2.24, 2.45) is 5.92 Å². The molecule has 4 heteroatoms. The molecule has 0 aromatic carbocycles. The SMILES string of the molecule is CC(C)(C)OC(=O)N[C@H](CO)CCC1CCCCC1. The summed E-state index contributed by atoms with van der Waals surface area (Å²) < 4.78 is 5.20. The summed E-state index contributed by atoms with van der Waals surface area (Å²) in [7, 11) is 0. The highest BCUT2D eigenvalue weighted by Crippen LogP contribution is 2.27. The number of amides is 1. The topological polar surface area (TPSA) is 58.6 Å². The molecule has 0 heterocycles. The Hall–Kier alpha value is -0.770. The number of rotatable bonds is 5. The molecule has 0 saturated heterocycles. The largest absolute Gasteiger partial charge is 0.444 e. The molecule has 1 rings (SSSR count). The van der Waals surface area contributed by atoms with Gasteiger partial charge in [0, 0.05) is 0 Å². The van der Waals surface area contributed by atoms with Crippen molar-refractivity contribution >= 4 is 6.09 Å². The first-order chi connectivity index (χ1) is 8.90. The maximum Gasteiger partial charge on any atom is 0.407 e. The summed E-state index contributed by atoms with van der Waals surface area (Å²) in [6.07, 6.45) is 8.09. The fourth-order valence-corrected chi connectivity index (χ4v) is 2.60. The van der Waals surface area contributed by atoms with E-state index in [-0.39, 0.29) is 12.6 Å². The predicted molar refractivity (Wildman–Crippen MR) is 76.1 cm³/mol. The highest BCUT2D eigenvalue weighted by atomic mass is 16.6. The molecule has 1 saturated carbocycles. The normalized spacial score (nSPS) is 18.9. The van der Waals surface area contributed by atoms with Crippen LogP contribution in [0.15, 0.2) is 0 Å². The summed E-state index contributed by atoms with van der Waals surface area (Å²) >= 11 is 0. The Bertz CT molecular complexity index is 267. The van der Waals surface area contributed by atoms with Gasteiger partial charge in [-0.1, -0.05) is 32.1 Å². The Morgan fingerprint density at radius 3 is 2.47 bits per heavy atom. The zero-order chi connectivity index (χ0) is 14.3. The lowest BCUT2D eigenvalue weighted by Crippen LogP contribution is -2.41. The van der Waals surface area contributed by atoms with Crippen LogP contribution < -0.4 is 5.32 Å². The zero-order valence-corrected chi connectivity index (χ0v) is 12.6. The molecule has 1 amide bonds. The van der Waals surface area contributed by atoms with E-state index in [0.29, 0.717) is 0 Å². The lowest BCUT2D eigenvalue weighted by molar-refractivity contribution is 0.0475. The number of aliphatic hydroxyl groups is 1. The maximum atomic E-state index is 11.6. The molecule has 0 aromatic rings. The fraction of sp³-hybridized carbons (Fsp3) is 0.933. The van der Waals surface area contributed by atoms with Crippen LogP contribution in [0.1, 0.15) is 65.7 Å². The molecule has 19 heavy (non-hydrogen) atoms. The lowest BCUT2D eigenvalue weighted by Gasteiger charge is -2.25. The average molecular weight is 271 g/mol. The first-order valence-corrected chi connectivity index (χ1v) is 7.51. The highest BCUT2D eigenvalue weighted by molar-refractivity contribution is 5.68. The second-order valence-corrected chi connectivity index (χ2v) is 6.61. The van der Waals surface area contributed by atoms with Crippen molar-refractivity contribution in [3.05, 3.63) is 0 Å². The molecule has 0 unspecified atom stereocenters. The Morgan fingerprint density at radius 1 is 1.32 bits per heavy atom. The molecule has 4 nitrogen and oxygen atoms in total. The van der Waals surface area contributed by atoms with Crippen molar-refractivity contribution in [1.29, 1.82) is 0 Å². The number of ether oxygens (including phenoxy) is 1. The molecule has 0 aromatic heterocycles. The summed E-state index contributed by atoms with van der Waals surface area (Å²) in [5.41, 5.74) is -0.493. The van der Waals surface area contributed by atoms with Crippen molar-refractivity contribution in [1.82, 2.24) is 5.32 Å². The van der Waals surface area contributed by atoms with E-state index < -0.39 is 11.7 Å². The summed E-state index contributed by atoms with van der Waals surface area (Å²) in [5.74, 6) is 0.767. The minimum absolute atomic E-state index is 0.0219. The van der Waals surface area contributed by atoms with Crippen molar-refractivity contribution in [2.75, 3.05) is 6.61 Å². The van der Waals surface area contributed by atoms with Crippen LogP contribution in [0.4, 0.5) is 4.79 Å². The summed E-state index contributed by atoms with van der Waals surface area (Å²) in [5, 5.41) is 12.1. The summed E-state index contributed by atoms with van der Waals surface area (Å²) in [6.45, 7) is 5.49. The minimum atomic E-state index is -0.493. The Labute approximate surface area is 116 Å². The van der Waals surface area contributed by atoms with Gasteiger partial charge in [-0.3, -0.25) is 0 Å². The number of hydrogen-bond donors (Lipinski definition) is 2. The van der Waals surface area contributed by atoms with Crippen molar-refractivity contribution in [3.8, 4) is 0 Å². The van der Waals surface area contributed by atoms with Crippen molar-refractivity contribution < 1.29 is 14.6 Å². The quantitative estimate of drug-likeness (QED) is 0.807. The fourth-order valence-electron chi connectivity index (χ4n) is 2.60. The third-order valence-corrected chi connectivity index (χ3v) is 3.59. The van der Waals surface area contributed by atoms with E-state index in [1.165, 1.54) is 32.1 Å². The Morgan fingerprint density at radius 2 is 1.95 bits per heavy atom. The van der Waals surface area contributed by atoms with Gasteiger partial charge in [0.15, 0.2) is 0 Å². The minimum Gasteiger partial charge on any atom is -0.444 e. The molecular weight excluding hydrogens is 242 g/mol. The van der Waals surface area contributed by atoms with Crippen LogP contribution in [-0.4, -0.2) is 29.4 Å². The number of carbonyl (C=O) groups excluding carboxylic acids is 1. The van der Waals surface area contributed by atoms with E-state index in [1.54, 1.807) is 0 Å². The molecule has 112 valence electrons. The van der Waals surface area contributed by atoms with Crippen LogP contribution in [0.5, 0.6) is 0 Å². The molecule has 1 fully saturated rings. The smallest absolute Gasteiger partial charge is 0.407 e. The highest BCUT2D eigenvalue weighted by Gasteiger charge is 2.20. The van der Waals surface area contributed by atoms with Crippen molar-refractivity contribution in [3.63, 3.8) is 0 Å². The van der Waals surface area contributed by atoms with Crippen LogP contribution in [0.3, 0.4) is 0 Å². The van der Waals surface area contributed by atoms with Gasteiger partial charge in [-0.25, -0.2) is 4.79 Å². The molecule has 0 spiro atoms. The molecule has 1 aliphatic carbocycles. The third-order valence-electron chi connectivity index (χ3n) is 3.59. The standard InChI is InChI=1S/C15H29NO3/c1-15(2,3)19-14(18)16-13(11-17)10-9-12-7-5-4-6-8-12/h12-13,17H,4-11H2,1-3H3,(H,16,18)/t13-/m0/s1. The van der Waals surface area contributed by atoms with E-state index in [2.05, 4.69) is 5.32 Å². The monoisotopic (exact) mass is 271 g/mol. The molecule has 0 radical (unpaired) electrons. The Balaban J connectivity index is 2.26. The number of hydrogen-bond acceptors (Lipinski definition) is 3. The molecular formula is C15H29NO3. The number of aliphatic hydroxyl groups excluding tert-OH is 1. The Kier molecular flexibility index (Phi) is 6.63. The first kappa shape index (κ1) is 16.3. The summed E-state index contributed by atoms with van der Waals surface area (Å²) in [4.78, 5) is 11.6. The van der Waals surface area contributed by atoms with E-state index in [1.807, 2.05) is 20.8 Å². The van der Waals surface area contributed by atoms with Gasteiger partial charge in [0.05, 0.1) is 12.6 Å². The van der Waals surface area contributed by atoms with Gasteiger partial charge in [-0.05, 0) is 39.5 Å². The second-order valence-electron chi connectivity index (χ2n) is 6.61. The van der Waals surface area contributed by atoms with Crippen LogP contribution in [0.2, 0.25) is 0 Å². The van der Waals surface area contributed by atoms with Crippen LogP contribution in [0.25, 0.3) is 0 Å². The summed E-state index contributed by atoms with van der Waals surface area (Å²) in [6, 6.07) is -0.184. The number of carbonyl (C=O) groups is 1. The second kappa shape index (κ2) is 7.73. The lowest BCUT2D eigenvalue weighted by atomic mass is 9.85. The number of nitrogens with one attached hydrogen (secondary N) is 1. The first-order valence-electron chi connectivity index (χ1n) is 7.51. The van der Waals surface area contributed by atoms with Crippen LogP contribution in [0, 0.1) is 5.92 Å². The van der Waals surface area contributed by atoms with E-state index in [0.717, 1.165) is 18.8 Å². The van der Waals surface area contributed by atoms with Crippen LogP contribution in [-0.2, 0) is 4.74 Å². The average Bonchev–Trinajstić information content (AvgIpc) is 2.33. The molecule has 1 atom stereocenters. The predicted octanol–water partition coefficient (Wildman–Crippen LogP) is 3.23. The van der Waals surface area contributed by atoms with E-state index in [4.69, 9.17) is 4.74 Å². The number of alkyl carbamates (subject to hydrolysis) is 1.